The predicted octanol–water partition coefficient (Wildman–Crippen LogP) is 5.40. The molecule has 0 radical (unpaired) electrons. The van der Waals surface area contributed by atoms with Crippen molar-refractivity contribution in [3.8, 4) is 5.75 Å². The fourth-order valence-corrected chi connectivity index (χ4v) is 2.75. The molecule has 1 atom stereocenters. The number of anilines is 1. The van der Waals surface area contributed by atoms with Crippen LogP contribution in [-0.4, -0.2) is 12.0 Å². The highest BCUT2D eigenvalue weighted by atomic mass is 79.9. The van der Waals surface area contributed by atoms with E-state index >= 15 is 0 Å². The van der Waals surface area contributed by atoms with Crippen molar-refractivity contribution in [2.45, 2.75) is 19.4 Å². The molecule has 0 aliphatic heterocycles. The fourth-order valence-electron chi connectivity index (χ4n) is 2.48. The predicted molar refractivity (Wildman–Crippen MR) is 101 cm³/mol. The lowest BCUT2D eigenvalue weighted by Crippen LogP contribution is -2.32. The Kier molecular flexibility index (Phi) is 5.16. The molecule has 0 bridgehead atoms. The minimum atomic E-state index is -0.533. The molecule has 0 aromatic heterocycles. The number of ether oxygens (including phenoxy) is 1. The normalized spacial score (nSPS) is 11.9. The summed E-state index contributed by atoms with van der Waals surface area (Å²) in [5.74, 6) is 0.555. The number of carbonyl (C=O) groups excluding carboxylic acids is 1. The number of hydrogen-bond donors (Lipinski definition) is 1. The van der Waals surface area contributed by atoms with E-state index in [1.807, 2.05) is 67.6 Å². The second-order valence-electron chi connectivity index (χ2n) is 5.52. The van der Waals surface area contributed by atoms with E-state index in [9.17, 15) is 4.79 Å². The monoisotopic (exact) mass is 383 g/mol. The number of fused-ring (bicyclic) bond motifs is 1. The molecule has 24 heavy (non-hydrogen) atoms. The van der Waals surface area contributed by atoms with Crippen molar-refractivity contribution < 1.29 is 9.53 Å². The number of rotatable bonds is 5. The molecular weight excluding hydrogens is 366 g/mol. The summed E-state index contributed by atoms with van der Waals surface area (Å²) >= 11 is 3.38. The molecule has 3 nitrogen and oxygen atoms in total. The Balaban J connectivity index is 1.72. The molecule has 3 aromatic rings. The largest absolute Gasteiger partial charge is 0.481 e. The molecule has 0 saturated carbocycles. The van der Waals surface area contributed by atoms with Crippen molar-refractivity contribution in [3.05, 3.63) is 71.2 Å². The Morgan fingerprint density at radius 3 is 2.46 bits per heavy atom. The first-order chi connectivity index (χ1) is 11.7. The third-order valence-corrected chi connectivity index (χ3v) is 4.30. The van der Waals surface area contributed by atoms with Crippen LogP contribution in [0.5, 0.6) is 5.75 Å². The summed E-state index contributed by atoms with van der Waals surface area (Å²) in [7, 11) is 0. The maximum atomic E-state index is 12.4. The molecule has 0 aliphatic carbocycles. The molecular formula is C20H18BrNO2. The van der Waals surface area contributed by atoms with Gasteiger partial charge in [0.1, 0.15) is 5.75 Å². The van der Waals surface area contributed by atoms with Gasteiger partial charge in [-0.3, -0.25) is 4.79 Å². The molecule has 3 rings (SSSR count). The van der Waals surface area contributed by atoms with Crippen molar-refractivity contribution in [1.82, 2.24) is 0 Å². The van der Waals surface area contributed by atoms with Crippen molar-refractivity contribution in [1.29, 1.82) is 0 Å². The minimum absolute atomic E-state index is 0.145. The molecule has 0 saturated heterocycles. The summed E-state index contributed by atoms with van der Waals surface area (Å²) < 4.78 is 6.88. The van der Waals surface area contributed by atoms with Crippen molar-refractivity contribution in [2.75, 3.05) is 5.32 Å². The van der Waals surface area contributed by atoms with Crippen LogP contribution < -0.4 is 10.1 Å². The lowest BCUT2D eigenvalue weighted by molar-refractivity contribution is -0.122. The number of nitrogens with one attached hydrogen (secondary N) is 1. The summed E-state index contributed by atoms with van der Waals surface area (Å²) in [6.45, 7) is 1.94. The maximum Gasteiger partial charge on any atom is 0.265 e. The van der Waals surface area contributed by atoms with Gasteiger partial charge in [-0.1, -0.05) is 53.2 Å². The minimum Gasteiger partial charge on any atom is -0.481 e. The number of amides is 1. The van der Waals surface area contributed by atoms with E-state index in [2.05, 4.69) is 27.3 Å². The summed E-state index contributed by atoms with van der Waals surface area (Å²) in [4.78, 5) is 12.4. The highest BCUT2D eigenvalue weighted by molar-refractivity contribution is 9.10. The first-order valence-corrected chi connectivity index (χ1v) is 8.67. The van der Waals surface area contributed by atoms with Crippen LogP contribution in [0, 0.1) is 0 Å². The van der Waals surface area contributed by atoms with E-state index in [1.165, 1.54) is 0 Å². The van der Waals surface area contributed by atoms with Crippen molar-refractivity contribution >= 4 is 38.3 Å². The Morgan fingerprint density at radius 2 is 1.75 bits per heavy atom. The molecule has 122 valence electrons. The molecule has 1 N–H and O–H groups in total. The van der Waals surface area contributed by atoms with Crippen LogP contribution >= 0.6 is 15.9 Å². The van der Waals surface area contributed by atoms with E-state index < -0.39 is 6.10 Å². The van der Waals surface area contributed by atoms with Gasteiger partial charge in [-0.2, -0.15) is 0 Å². The first-order valence-electron chi connectivity index (χ1n) is 7.87. The van der Waals surface area contributed by atoms with Crippen LogP contribution in [0.15, 0.2) is 71.2 Å². The van der Waals surface area contributed by atoms with Gasteiger partial charge < -0.3 is 10.1 Å². The average Bonchev–Trinajstić information content (AvgIpc) is 2.61. The fraction of sp³-hybridized carbons (Fsp3) is 0.150. The molecule has 0 unspecified atom stereocenters. The SMILES string of the molecule is CC[C@H](Oc1ccc2ccccc2c1)C(=O)Nc1ccc(Br)cc1. The molecule has 1 amide bonds. The molecule has 4 heteroatoms. The zero-order valence-corrected chi connectivity index (χ0v) is 14.9. The van der Waals surface area contributed by atoms with Gasteiger partial charge in [0.05, 0.1) is 0 Å². The van der Waals surface area contributed by atoms with E-state index in [0.29, 0.717) is 12.2 Å². The number of hydrogen-bond acceptors (Lipinski definition) is 2. The van der Waals surface area contributed by atoms with Crippen LogP contribution in [0.4, 0.5) is 5.69 Å². The molecule has 0 fully saturated rings. The Morgan fingerprint density at radius 1 is 1.04 bits per heavy atom. The van der Waals surface area contributed by atoms with Crippen LogP contribution in [-0.2, 0) is 4.79 Å². The van der Waals surface area contributed by atoms with Crippen LogP contribution in [0.3, 0.4) is 0 Å². The molecule has 3 aromatic carbocycles. The standard InChI is InChI=1S/C20H18BrNO2/c1-2-19(20(23)22-17-10-8-16(21)9-11-17)24-18-12-7-14-5-3-4-6-15(14)13-18/h3-13,19H,2H2,1H3,(H,22,23)/t19-/m0/s1. The summed E-state index contributed by atoms with van der Waals surface area (Å²) in [5, 5.41) is 5.14. The van der Waals surface area contributed by atoms with Gasteiger partial charge >= 0.3 is 0 Å². The van der Waals surface area contributed by atoms with Gasteiger partial charge in [-0.25, -0.2) is 0 Å². The summed E-state index contributed by atoms with van der Waals surface area (Å²) in [5.41, 5.74) is 0.753. The third-order valence-electron chi connectivity index (χ3n) is 3.77. The van der Waals surface area contributed by atoms with E-state index in [1.54, 1.807) is 0 Å². The van der Waals surface area contributed by atoms with E-state index in [4.69, 9.17) is 4.74 Å². The highest BCUT2D eigenvalue weighted by Crippen LogP contribution is 2.22. The second-order valence-corrected chi connectivity index (χ2v) is 6.44. The van der Waals surface area contributed by atoms with E-state index in [0.717, 1.165) is 20.9 Å². The van der Waals surface area contributed by atoms with Gasteiger partial charge in [0.25, 0.3) is 5.91 Å². The zero-order chi connectivity index (χ0) is 16.9. The van der Waals surface area contributed by atoms with Crippen LogP contribution in [0.1, 0.15) is 13.3 Å². The Labute approximate surface area is 149 Å². The lowest BCUT2D eigenvalue weighted by Gasteiger charge is -2.17. The van der Waals surface area contributed by atoms with E-state index in [-0.39, 0.29) is 5.91 Å². The lowest BCUT2D eigenvalue weighted by atomic mass is 10.1. The van der Waals surface area contributed by atoms with Gasteiger partial charge in [0.2, 0.25) is 0 Å². The van der Waals surface area contributed by atoms with Crippen molar-refractivity contribution in [2.24, 2.45) is 0 Å². The Bertz CT molecular complexity index is 846. The number of benzene rings is 3. The molecule has 0 aliphatic rings. The highest BCUT2D eigenvalue weighted by Gasteiger charge is 2.18. The van der Waals surface area contributed by atoms with Crippen LogP contribution in [0.25, 0.3) is 10.8 Å². The number of halogens is 1. The summed E-state index contributed by atoms with van der Waals surface area (Å²) in [6.07, 6.45) is 0.0599. The third kappa shape index (κ3) is 3.95. The topological polar surface area (TPSA) is 38.3 Å². The Hall–Kier alpha value is -2.33. The van der Waals surface area contributed by atoms with Gasteiger partial charge in [0, 0.05) is 10.2 Å². The smallest absolute Gasteiger partial charge is 0.265 e. The van der Waals surface area contributed by atoms with Gasteiger partial charge in [-0.15, -0.1) is 0 Å². The van der Waals surface area contributed by atoms with Gasteiger partial charge in [-0.05, 0) is 53.6 Å². The summed E-state index contributed by atoms with van der Waals surface area (Å²) in [6, 6.07) is 21.4. The quantitative estimate of drug-likeness (QED) is 0.640. The average molecular weight is 384 g/mol. The zero-order valence-electron chi connectivity index (χ0n) is 13.3. The second kappa shape index (κ2) is 7.49. The number of carbonyl (C=O) groups is 1. The van der Waals surface area contributed by atoms with Gasteiger partial charge in [0.15, 0.2) is 6.10 Å². The first kappa shape index (κ1) is 16.5. The van der Waals surface area contributed by atoms with Crippen molar-refractivity contribution in [3.63, 3.8) is 0 Å². The maximum absolute atomic E-state index is 12.4. The molecule has 0 spiro atoms. The molecule has 0 heterocycles. The van der Waals surface area contributed by atoms with Crippen LogP contribution in [0.2, 0.25) is 0 Å².